The van der Waals surface area contributed by atoms with Crippen molar-refractivity contribution in [3.8, 4) is 5.75 Å². The van der Waals surface area contributed by atoms with Crippen LogP contribution in [-0.2, 0) is 15.1 Å². The van der Waals surface area contributed by atoms with E-state index in [1.807, 2.05) is 0 Å². The molecule has 1 saturated heterocycles. The third-order valence-corrected chi connectivity index (χ3v) is 4.49. The van der Waals surface area contributed by atoms with Gasteiger partial charge in [-0.15, -0.1) is 0 Å². The van der Waals surface area contributed by atoms with Crippen LogP contribution in [-0.4, -0.2) is 53.9 Å². The Balaban J connectivity index is 1.99. The predicted octanol–water partition coefficient (Wildman–Crippen LogP) is 2.99. The maximum atomic E-state index is 12.1. The third-order valence-electron chi connectivity index (χ3n) is 4.49. The molecule has 1 aromatic carbocycles. The minimum Gasteiger partial charge on any atom is -0.492 e. The first-order valence-electron chi connectivity index (χ1n) is 9.30. The second-order valence-corrected chi connectivity index (χ2v) is 7.98. The van der Waals surface area contributed by atoms with Gasteiger partial charge in [-0.2, -0.15) is 0 Å². The lowest BCUT2D eigenvalue weighted by Crippen LogP contribution is -2.51. The number of likely N-dealkylation sites (tertiary alicyclic amines) is 1. The fourth-order valence-electron chi connectivity index (χ4n) is 2.94. The van der Waals surface area contributed by atoms with Crippen molar-refractivity contribution in [2.45, 2.75) is 51.7 Å². The highest BCUT2D eigenvalue weighted by molar-refractivity contribution is 5.85. The summed E-state index contributed by atoms with van der Waals surface area (Å²) in [5, 5.41) is 12.1. The highest BCUT2D eigenvalue weighted by Crippen LogP contribution is 2.25. The van der Waals surface area contributed by atoms with Gasteiger partial charge in [-0.3, -0.25) is 4.90 Å². The number of amides is 1. The van der Waals surface area contributed by atoms with Crippen LogP contribution in [0.15, 0.2) is 24.3 Å². The maximum absolute atomic E-state index is 12.1. The topological polar surface area (TPSA) is 88.1 Å². The summed E-state index contributed by atoms with van der Waals surface area (Å²) < 4.78 is 10.9. The van der Waals surface area contributed by atoms with Crippen LogP contribution in [0.3, 0.4) is 0 Å². The summed E-state index contributed by atoms with van der Waals surface area (Å²) in [6.07, 6.45) is 1.71. The number of hydrogen-bond donors (Lipinski definition) is 2. The quantitative estimate of drug-likeness (QED) is 0.758. The lowest BCUT2D eigenvalue weighted by Gasteiger charge is -2.29. The summed E-state index contributed by atoms with van der Waals surface area (Å²) in [5.41, 5.74) is -1.87. The van der Waals surface area contributed by atoms with Crippen LogP contribution in [0.1, 0.15) is 46.1 Å². The Morgan fingerprint density at radius 3 is 2.22 bits per heavy atom. The number of carboxylic acids is 1. The van der Waals surface area contributed by atoms with Crippen LogP contribution in [0.4, 0.5) is 4.79 Å². The molecule has 150 valence electrons. The van der Waals surface area contributed by atoms with E-state index in [1.54, 1.807) is 45.0 Å². The Bertz CT molecular complexity index is 647. The average molecular weight is 378 g/mol. The largest absolute Gasteiger partial charge is 0.492 e. The van der Waals surface area contributed by atoms with Crippen molar-refractivity contribution < 1.29 is 24.2 Å². The molecule has 1 aliphatic heterocycles. The number of hydrogen-bond acceptors (Lipinski definition) is 5. The minimum absolute atomic E-state index is 0.438. The van der Waals surface area contributed by atoms with Crippen LogP contribution in [0.5, 0.6) is 5.75 Å². The van der Waals surface area contributed by atoms with Crippen molar-refractivity contribution in [1.82, 2.24) is 10.2 Å². The fourth-order valence-corrected chi connectivity index (χ4v) is 2.94. The number of aliphatic carboxylic acids is 1. The van der Waals surface area contributed by atoms with Crippen LogP contribution >= 0.6 is 0 Å². The molecule has 1 aromatic rings. The molecule has 0 aliphatic carbocycles. The first kappa shape index (κ1) is 21.0. The average Bonchev–Trinajstić information content (AvgIpc) is 3.06. The zero-order valence-electron chi connectivity index (χ0n) is 16.6. The number of carbonyl (C=O) groups excluding carboxylic acids is 1. The molecule has 7 heteroatoms. The lowest BCUT2D eigenvalue weighted by atomic mass is 9.92. The van der Waals surface area contributed by atoms with E-state index in [0.717, 1.165) is 19.6 Å². The summed E-state index contributed by atoms with van der Waals surface area (Å²) in [6.45, 7) is 10.3. The summed E-state index contributed by atoms with van der Waals surface area (Å²) in [5.74, 6) is -0.501. The highest BCUT2D eigenvalue weighted by atomic mass is 16.6. The second kappa shape index (κ2) is 8.61. The van der Waals surface area contributed by atoms with Gasteiger partial charge in [0.05, 0.1) is 0 Å². The third kappa shape index (κ3) is 6.13. The molecule has 1 fully saturated rings. The molecule has 0 radical (unpaired) electrons. The number of ether oxygens (including phenoxy) is 2. The van der Waals surface area contributed by atoms with Crippen LogP contribution < -0.4 is 10.1 Å². The summed E-state index contributed by atoms with van der Waals surface area (Å²) in [4.78, 5) is 26.2. The van der Waals surface area contributed by atoms with Crippen molar-refractivity contribution in [3.63, 3.8) is 0 Å². The molecule has 1 unspecified atom stereocenters. The van der Waals surface area contributed by atoms with Gasteiger partial charge in [0, 0.05) is 6.54 Å². The number of rotatable bonds is 7. The molecule has 1 heterocycles. The van der Waals surface area contributed by atoms with Crippen molar-refractivity contribution >= 4 is 12.1 Å². The molecule has 2 N–H and O–H groups in total. The standard InChI is InChI=1S/C20H30N2O5/c1-19(2,3)27-18(25)21-20(4,17(23)24)15-7-9-16(10-8-15)26-14-13-22-11-5-6-12-22/h7-10H,5-6,11-14H2,1-4H3,(H,21,25)(H,23,24). The highest BCUT2D eigenvalue weighted by Gasteiger charge is 2.38. The molecule has 0 saturated carbocycles. The van der Waals surface area contributed by atoms with E-state index in [1.165, 1.54) is 19.8 Å². The van der Waals surface area contributed by atoms with Gasteiger partial charge < -0.3 is 19.9 Å². The van der Waals surface area contributed by atoms with Crippen LogP contribution in [0.2, 0.25) is 0 Å². The molecule has 7 nitrogen and oxygen atoms in total. The molecular formula is C20H30N2O5. The van der Waals surface area contributed by atoms with Gasteiger partial charge in [-0.1, -0.05) is 12.1 Å². The van der Waals surface area contributed by atoms with Gasteiger partial charge in [-0.05, 0) is 71.3 Å². The number of carbonyl (C=O) groups is 2. The summed E-state index contributed by atoms with van der Waals surface area (Å²) in [6, 6.07) is 6.74. The van der Waals surface area contributed by atoms with E-state index < -0.39 is 23.2 Å². The van der Waals surface area contributed by atoms with Gasteiger partial charge in [0.15, 0.2) is 5.54 Å². The van der Waals surface area contributed by atoms with E-state index >= 15 is 0 Å². The Labute approximate surface area is 160 Å². The Hall–Kier alpha value is -2.28. The monoisotopic (exact) mass is 378 g/mol. The van der Waals surface area contributed by atoms with Crippen molar-refractivity contribution in [2.75, 3.05) is 26.2 Å². The van der Waals surface area contributed by atoms with Gasteiger partial charge in [0.1, 0.15) is 18.0 Å². The van der Waals surface area contributed by atoms with Crippen LogP contribution in [0, 0.1) is 0 Å². The number of benzene rings is 1. The Morgan fingerprint density at radius 1 is 1.11 bits per heavy atom. The van der Waals surface area contributed by atoms with E-state index in [2.05, 4.69) is 10.2 Å². The predicted molar refractivity (Wildman–Crippen MR) is 102 cm³/mol. The molecule has 1 aliphatic rings. The summed E-state index contributed by atoms with van der Waals surface area (Å²) in [7, 11) is 0. The summed E-state index contributed by atoms with van der Waals surface area (Å²) >= 11 is 0. The van der Waals surface area contributed by atoms with E-state index in [4.69, 9.17) is 9.47 Å². The molecule has 0 bridgehead atoms. The number of alkyl carbamates (subject to hydrolysis) is 1. The SMILES string of the molecule is CC(C)(C)OC(=O)NC(C)(C(=O)O)c1ccc(OCCN2CCCC2)cc1. The Morgan fingerprint density at radius 2 is 1.70 bits per heavy atom. The molecule has 1 amide bonds. The normalized spacial score (nSPS) is 17.2. The number of carboxylic acid groups (broad SMARTS) is 1. The van der Waals surface area contributed by atoms with Crippen molar-refractivity contribution in [1.29, 1.82) is 0 Å². The van der Waals surface area contributed by atoms with Gasteiger partial charge in [0.25, 0.3) is 0 Å². The van der Waals surface area contributed by atoms with Crippen molar-refractivity contribution in [2.24, 2.45) is 0 Å². The van der Waals surface area contributed by atoms with E-state index in [-0.39, 0.29) is 0 Å². The van der Waals surface area contributed by atoms with Crippen molar-refractivity contribution in [3.05, 3.63) is 29.8 Å². The molecule has 0 aromatic heterocycles. The minimum atomic E-state index is -1.60. The van der Waals surface area contributed by atoms with Gasteiger partial charge >= 0.3 is 12.1 Å². The zero-order valence-corrected chi connectivity index (χ0v) is 16.6. The van der Waals surface area contributed by atoms with Gasteiger partial charge in [0.2, 0.25) is 0 Å². The van der Waals surface area contributed by atoms with E-state index in [9.17, 15) is 14.7 Å². The molecule has 0 spiro atoms. The number of nitrogens with zero attached hydrogens (tertiary/aromatic N) is 1. The molecule has 2 rings (SSSR count). The molecular weight excluding hydrogens is 348 g/mol. The maximum Gasteiger partial charge on any atom is 0.408 e. The molecule has 27 heavy (non-hydrogen) atoms. The fraction of sp³-hybridized carbons (Fsp3) is 0.600. The van der Waals surface area contributed by atoms with Gasteiger partial charge in [-0.25, -0.2) is 9.59 Å². The zero-order chi connectivity index (χ0) is 20.1. The second-order valence-electron chi connectivity index (χ2n) is 7.98. The number of nitrogens with one attached hydrogen (secondary N) is 1. The van der Waals surface area contributed by atoms with E-state index in [0.29, 0.717) is 17.9 Å². The Kier molecular flexibility index (Phi) is 6.70. The smallest absolute Gasteiger partial charge is 0.408 e. The first-order valence-corrected chi connectivity index (χ1v) is 9.30. The molecule has 1 atom stereocenters. The van der Waals surface area contributed by atoms with Crippen LogP contribution in [0.25, 0.3) is 0 Å². The lowest BCUT2D eigenvalue weighted by molar-refractivity contribution is -0.144. The first-order chi connectivity index (χ1) is 12.6.